The van der Waals surface area contributed by atoms with Crippen LogP contribution in [0.1, 0.15) is 11.1 Å². The van der Waals surface area contributed by atoms with Crippen molar-refractivity contribution in [1.29, 1.82) is 0 Å². The van der Waals surface area contributed by atoms with E-state index in [2.05, 4.69) is 5.32 Å². The number of benzene rings is 2. The van der Waals surface area contributed by atoms with Crippen LogP contribution in [0.2, 0.25) is 0 Å². The van der Waals surface area contributed by atoms with Crippen molar-refractivity contribution in [3.8, 4) is 0 Å². The van der Waals surface area contributed by atoms with E-state index in [0.29, 0.717) is 6.42 Å². The van der Waals surface area contributed by atoms with Crippen molar-refractivity contribution in [1.82, 2.24) is 5.32 Å². The van der Waals surface area contributed by atoms with Gasteiger partial charge in [-0.05, 0) is 11.1 Å². The lowest BCUT2D eigenvalue weighted by atomic mass is 10.1. The van der Waals surface area contributed by atoms with Crippen LogP contribution in [-0.4, -0.2) is 23.8 Å². The number of nitrogens with one attached hydrogen (secondary N) is 1. The maximum absolute atomic E-state index is 11.5. The second-order valence-corrected chi connectivity index (χ2v) is 4.79. The van der Waals surface area contributed by atoms with E-state index < -0.39 is 12.2 Å². The van der Waals surface area contributed by atoms with Crippen LogP contribution in [-0.2, 0) is 17.8 Å². The maximum atomic E-state index is 11.5. The van der Waals surface area contributed by atoms with E-state index in [9.17, 15) is 9.90 Å². The molecule has 2 aromatic rings. The molecule has 0 fully saturated rings. The third kappa shape index (κ3) is 5.67. The summed E-state index contributed by atoms with van der Waals surface area (Å²) in [4.78, 5) is 11.5. The van der Waals surface area contributed by atoms with Gasteiger partial charge in [0.15, 0.2) is 0 Å². The molecule has 0 aliphatic rings. The Kier molecular flexibility index (Phi) is 5.79. The number of carbonyl (C=O) groups excluding carboxylic acids is 1. The van der Waals surface area contributed by atoms with Gasteiger partial charge in [0.05, 0.1) is 6.10 Å². The zero-order valence-electron chi connectivity index (χ0n) is 11.7. The molecule has 0 bridgehead atoms. The lowest BCUT2D eigenvalue weighted by Crippen LogP contribution is -2.33. The zero-order valence-corrected chi connectivity index (χ0v) is 11.7. The minimum Gasteiger partial charge on any atom is -0.445 e. The van der Waals surface area contributed by atoms with E-state index in [1.165, 1.54) is 0 Å². The van der Waals surface area contributed by atoms with E-state index in [1.54, 1.807) is 0 Å². The lowest BCUT2D eigenvalue weighted by Gasteiger charge is -2.12. The highest BCUT2D eigenvalue weighted by molar-refractivity contribution is 5.67. The van der Waals surface area contributed by atoms with E-state index >= 15 is 0 Å². The Labute approximate surface area is 124 Å². The van der Waals surface area contributed by atoms with Crippen molar-refractivity contribution < 1.29 is 14.6 Å². The van der Waals surface area contributed by atoms with Crippen molar-refractivity contribution in [2.75, 3.05) is 6.54 Å². The van der Waals surface area contributed by atoms with Crippen LogP contribution in [0.5, 0.6) is 0 Å². The normalized spacial score (nSPS) is 11.7. The average Bonchev–Trinajstić information content (AvgIpc) is 2.53. The topological polar surface area (TPSA) is 58.6 Å². The third-order valence-corrected chi connectivity index (χ3v) is 3.01. The largest absolute Gasteiger partial charge is 0.445 e. The van der Waals surface area contributed by atoms with Crippen molar-refractivity contribution in [2.24, 2.45) is 0 Å². The van der Waals surface area contributed by atoms with Gasteiger partial charge < -0.3 is 15.2 Å². The molecule has 1 amide bonds. The minimum absolute atomic E-state index is 0.169. The van der Waals surface area contributed by atoms with E-state index in [-0.39, 0.29) is 13.2 Å². The van der Waals surface area contributed by atoms with Crippen LogP contribution in [0.15, 0.2) is 60.7 Å². The fraction of sp³-hybridized carbons (Fsp3) is 0.235. The zero-order chi connectivity index (χ0) is 14.9. The molecule has 0 aliphatic carbocycles. The molecule has 4 nitrogen and oxygen atoms in total. The summed E-state index contributed by atoms with van der Waals surface area (Å²) in [5.74, 6) is 0. The number of aliphatic hydroxyl groups excluding tert-OH is 1. The highest BCUT2D eigenvalue weighted by Gasteiger charge is 2.08. The van der Waals surface area contributed by atoms with Gasteiger partial charge in [-0.15, -0.1) is 0 Å². The number of amides is 1. The first-order valence-electron chi connectivity index (χ1n) is 6.90. The number of aliphatic hydroxyl groups is 1. The molecule has 4 heteroatoms. The summed E-state index contributed by atoms with van der Waals surface area (Å²) >= 11 is 0. The first-order valence-corrected chi connectivity index (χ1v) is 6.90. The number of carbonyl (C=O) groups is 1. The van der Waals surface area contributed by atoms with Crippen molar-refractivity contribution in [2.45, 2.75) is 19.1 Å². The van der Waals surface area contributed by atoms with E-state index in [0.717, 1.165) is 11.1 Å². The van der Waals surface area contributed by atoms with Gasteiger partial charge in [-0.2, -0.15) is 0 Å². The molecule has 0 aromatic heterocycles. The van der Waals surface area contributed by atoms with Crippen LogP contribution in [0.4, 0.5) is 4.79 Å². The van der Waals surface area contributed by atoms with Gasteiger partial charge in [-0.25, -0.2) is 4.79 Å². The van der Waals surface area contributed by atoms with Crippen molar-refractivity contribution in [3.63, 3.8) is 0 Å². The summed E-state index contributed by atoms with van der Waals surface area (Å²) in [7, 11) is 0. The molecule has 2 N–H and O–H groups in total. The van der Waals surface area contributed by atoms with Gasteiger partial charge in [0.25, 0.3) is 0 Å². The summed E-state index contributed by atoms with van der Waals surface area (Å²) in [6.45, 7) is 0.393. The summed E-state index contributed by atoms with van der Waals surface area (Å²) in [6, 6.07) is 19.1. The third-order valence-electron chi connectivity index (χ3n) is 3.01. The first-order chi connectivity index (χ1) is 10.2. The molecular weight excluding hydrogens is 266 g/mol. The highest BCUT2D eigenvalue weighted by atomic mass is 16.5. The van der Waals surface area contributed by atoms with Crippen molar-refractivity contribution in [3.05, 3.63) is 71.8 Å². The monoisotopic (exact) mass is 285 g/mol. The molecule has 0 aliphatic heterocycles. The van der Waals surface area contributed by atoms with Gasteiger partial charge in [-0.1, -0.05) is 60.7 Å². The van der Waals surface area contributed by atoms with Crippen LogP contribution in [0.25, 0.3) is 0 Å². The summed E-state index contributed by atoms with van der Waals surface area (Å²) in [5.41, 5.74) is 1.96. The van der Waals surface area contributed by atoms with E-state index in [1.807, 2.05) is 60.7 Å². The molecule has 0 radical (unpaired) electrons. The summed E-state index contributed by atoms with van der Waals surface area (Å²) < 4.78 is 5.07. The molecule has 0 spiro atoms. The Hall–Kier alpha value is -2.33. The number of ether oxygens (including phenoxy) is 1. The van der Waals surface area contributed by atoms with Gasteiger partial charge >= 0.3 is 6.09 Å². The average molecular weight is 285 g/mol. The fourth-order valence-corrected chi connectivity index (χ4v) is 1.93. The number of alkyl carbamates (subject to hydrolysis) is 1. The highest BCUT2D eigenvalue weighted by Crippen LogP contribution is 2.03. The molecule has 0 heterocycles. The SMILES string of the molecule is O=C(NCC(O)Cc1ccccc1)OCc1ccccc1. The lowest BCUT2D eigenvalue weighted by molar-refractivity contribution is 0.125. The second-order valence-electron chi connectivity index (χ2n) is 4.79. The Morgan fingerprint density at radius 3 is 2.19 bits per heavy atom. The standard InChI is InChI=1S/C17H19NO3/c19-16(11-14-7-3-1-4-8-14)12-18-17(20)21-13-15-9-5-2-6-10-15/h1-10,16,19H,11-13H2,(H,18,20). The molecule has 1 unspecified atom stereocenters. The minimum atomic E-state index is -0.628. The fourth-order valence-electron chi connectivity index (χ4n) is 1.93. The van der Waals surface area contributed by atoms with Gasteiger partial charge in [0.2, 0.25) is 0 Å². The first kappa shape index (κ1) is 15.1. The maximum Gasteiger partial charge on any atom is 0.407 e. The molecule has 0 saturated carbocycles. The van der Waals surface area contributed by atoms with Crippen LogP contribution < -0.4 is 5.32 Å². The Morgan fingerprint density at radius 2 is 1.57 bits per heavy atom. The number of hydrogen-bond acceptors (Lipinski definition) is 3. The number of hydrogen-bond donors (Lipinski definition) is 2. The predicted octanol–water partition coefficient (Wildman–Crippen LogP) is 2.52. The second kappa shape index (κ2) is 8.07. The van der Waals surface area contributed by atoms with Crippen molar-refractivity contribution >= 4 is 6.09 Å². The van der Waals surface area contributed by atoms with Crippen LogP contribution in [0, 0.1) is 0 Å². The Morgan fingerprint density at radius 1 is 1.00 bits per heavy atom. The predicted molar refractivity (Wildman–Crippen MR) is 80.8 cm³/mol. The quantitative estimate of drug-likeness (QED) is 0.857. The van der Waals surface area contributed by atoms with E-state index in [4.69, 9.17) is 4.74 Å². The molecule has 1 atom stereocenters. The molecule has 0 saturated heterocycles. The number of rotatable bonds is 6. The van der Waals surface area contributed by atoms with Crippen LogP contribution in [0.3, 0.4) is 0 Å². The Balaban J connectivity index is 1.66. The molecule has 21 heavy (non-hydrogen) atoms. The molecular formula is C17H19NO3. The molecule has 2 rings (SSSR count). The van der Waals surface area contributed by atoms with Gasteiger partial charge in [0.1, 0.15) is 6.61 Å². The van der Waals surface area contributed by atoms with Gasteiger partial charge in [0, 0.05) is 13.0 Å². The molecule has 2 aromatic carbocycles. The van der Waals surface area contributed by atoms with Crippen LogP contribution >= 0.6 is 0 Å². The smallest absolute Gasteiger partial charge is 0.407 e. The Bertz CT molecular complexity index is 542. The van der Waals surface area contributed by atoms with Gasteiger partial charge in [-0.3, -0.25) is 0 Å². The summed E-state index contributed by atoms with van der Waals surface area (Å²) in [6.07, 6.45) is -0.651. The molecule has 110 valence electrons. The summed E-state index contributed by atoms with van der Waals surface area (Å²) in [5, 5.41) is 12.4.